The van der Waals surface area contributed by atoms with Gasteiger partial charge in [0, 0.05) is 12.5 Å². The highest BCUT2D eigenvalue weighted by atomic mass is 79.9. The van der Waals surface area contributed by atoms with E-state index in [1.807, 2.05) is 12.1 Å². The summed E-state index contributed by atoms with van der Waals surface area (Å²) in [5.41, 5.74) is 6.80. The molecule has 2 N–H and O–H groups in total. The fourth-order valence-electron chi connectivity index (χ4n) is 1.85. The lowest BCUT2D eigenvalue weighted by atomic mass is 10.0. The number of carbonyl (C=O) groups is 1. The highest BCUT2D eigenvalue weighted by Crippen LogP contribution is 2.39. The van der Waals surface area contributed by atoms with Crippen molar-refractivity contribution in [3.8, 4) is 11.5 Å². The van der Waals surface area contributed by atoms with Gasteiger partial charge in [0.25, 0.3) is 0 Å². The second-order valence-electron chi connectivity index (χ2n) is 4.27. The van der Waals surface area contributed by atoms with Crippen LogP contribution in [0.25, 0.3) is 0 Å². The fourth-order valence-corrected chi connectivity index (χ4v) is 2.42. The lowest BCUT2D eigenvalue weighted by molar-refractivity contribution is -0.141. The lowest BCUT2D eigenvalue weighted by Gasteiger charge is -2.15. The third-order valence-corrected chi connectivity index (χ3v) is 3.46. The summed E-state index contributed by atoms with van der Waals surface area (Å²) < 4.78 is 16.6. The average molecular weight is 330 g/mol. The summed E-state index contributed by atoms with van der Waals surface area (Å²) in [7, 11) is 1.35. The monoisotopic (exact) mass is 329 g/mol. The Bertz CT molecular complexity index is 478. The number of halogens is 1. The number of methoxy groups -OCH3 is 1. The molecule has 0 fully saturated rings. The molecular weight excluding hydrogens is 314 g/mol. The standard InChI is InChI=1S/C13H16BrNO4/c1-17-12(16)7-10(15)8-5-9(14)13-11(6-8)18-3-2-4-19-13/h5-6,10H,2-4,7,15H2,1H3. The molecule has 1 unspecified atom stereocenters. The molecule has 0 aromatic heterocycles. The Balaban J connectivity index is 2.25. The number of esters is 1. The Morgan fingerprint density at radius 2 is 2.21 bits per heavy atom. The molecule has 1 aliphatic heterocycles. The Morgan fingerprint density at radius 3 is 2.95 bits per heavy atom. The Hall–Kier alpha value is -1.27. The van der Waals surface area contributed by atoms with Crippen LogP contribution < -0.4 is 15.2 Å². The van der Waals surface area contributed by atoms with Gasteiger partial charge in [-0.15, -0.1) is 0 Å². The van der Waals surface area contributed by atoms with Gasteiger partial charge >= 0.3 is 5.97 Å². The zero-order valence-electron chi connectivity index (χ0n) is 10.6. The highest BCUT2D eigenvalue weighted by molar-refractivity contribution is 9.10. The minimum absolute atomic E-state index is 0.128. The van der Waals surface area contributed by atoms with Gasteiger partial charge in [-0.05, 0) is 33.6 Å². The zero-order chi connectivity index (χ0) is 13.8. The molecule has 0 aliphatic carbocycles. The molecule has 0 spiro atoms. The number of fused-ring (bicyclic) bond motifs is 1. The van der Waals surface area contributed by atoms with Crippen molar-refractivity contribution in [2.45, 2.75) is 18.9 Å². The van der Waals surface area contributed by atoms with Gasteiger partial charge < -0.3 is 19.9 Å². The van der Waals surface area contributed by atoms with Crippen molar-refractivity contribution < 1.29 is 19.0 Å². The maximum absolute atomic E-state index is 11.3. The second kappa shape index (κ2) is 6.25. The van der Waals surface area contributed by atoms with Crippen molar-refractivity contribution in [1.29, 1.82) is 0 Å². The Labute approximate surface area is 120 Å². The smallest absolute Gasteiger partial charge is 0.307 e. The van der Waals surface area contributed by atoms with Crippen molar-refractivity contribution in [2.75, 3.05) is 20.3 Å². The molecule has 0 saturated heterocycles. The van der Waals surface area contributed by atoms with E-state index >= 15 is 0 Å². The van der Waals surface area contributed by atoms with Gasteiger partial charge in [0.05, 0.1) is 31.2 Å². The van der Waals surface area contributed by atoms with Crippen LogP contribution in [0.2, 0.25) is 0 Å². The molecule has 2 rings (SSSR count). The summed E-state index contributed by atoms with van der Waals surface area (Å²) in [6, 6.07) is 3.24. The number of hydrogen-bond donors (Lipinski definition) is 1. The number of carbonyl (C=O) groups excluding carboxylic acids is 1. The van der Waals surface area contributed by atoms with Gasteiger partial charge in [0.2, 0.25) is 0 Å². The van der Waals surface area contributed by atoms with Gasteiger partial charge in [-0.2, -0.15) is 0 Å². The molecule has 1 aromatic rings. The molecule has 19 heavy (non-hydrogen) atoms. The van der Waals surface area contributed by atoms with Crippen LogP contribution in [0.15, 0.2) is 16.6 Å². The quantitative estimate of drug-likeness (QED) is 0.860. The first-order chi connectivity index (χ1) is 9.11. The first-order valence-electron chi connectivity index (χ1n) is 6.03. The van der Waals surface area contributed by atoms with E-state index in [0.717, 1.165) is 16.5 Å². The van der Waals surface area contributed by atoms with E-state index in [0.29, 0.717) is 24.7 Å². The predicted molar refractivity (Wildman–Crippen MR) is 73.3 cm³/mol. The topological polar surface area (TPSA) is 70.8 Å². The lowest BCUT2D eigenvalue weighted by Crippen LogP contribution is -2.16. The van der Waals surface area contributed by atoms with Gasteiger partial charge in [0.1, 0.15) is 0 Å². The van der Waals surface area contributed by atoms with Crippen LogP contribution in [-0.4, -0.2) is 26.3 Å². The predicted octanol–water partition coefficient (Wildman–Crippen LogP) is 2.17. The van der Waals surface area contributed by atoms with E-state index in [-0.39, 0.29) is 12.4 Å². The van der Waals surface area contributed by atoms with Crippen LogP contribution in [0.5, 0.6) is 11.5 Å². The third kappa shape index (κ3) is 3.39. The molecule has 6 heteroatoms. The first kappa shape index (κ1) is 14.1. The summed E-state index contributed by atoms with van der Waals surface area (Å²) in [4.78, 5) is 11.3. The zero-order valence-corrected chi connectivity index (χ0v) is 12.2. The molecular formula is C13H16BrNO4. The Kier molecular flexibility index (Phi) is 4.66. The van der Waals surface area contributed by atoms with Crippen molar-refractivity contribution in [3.63, 3.8) is 0 Å². The number of hydrogen-bond acceptors (Lipinski definition) is 5. The maximum atomic E-state index is 11.3. The molecule has 1 aliphatic rings. The van der Waals surface area contributed by atoms with Crippen LogP contribution >= 0.6 is 15.9 Å². The van der Waals surface area contributed by atoms with Gasteiger partial charge in [-0.1, -0.05) is 0 Å². The molecule has 104 valence electrons. The molecule has 0 bridgehead atoms. The van der Waals surface area contributed by atoms with E-state index in [1.165, 1.54) is 7.11 Å². The number of benzene rings is 1. The SMILES string of the molecule is COC(=O)CC(N)c1cc(Br)c2c(c1)OCCCO2. The van der Waals surface area contributed by atoms with E-state index < -0.39 is 6.04 Å². The van der Waals surface area contributed by atoms with E-state index in [2.05, 4.69) is 20.7 Å². The van der Waals surface area contributed by atoms with Crippen LogP contribution in [0.1, 0.15) is 24.4 Å². The van der Waals surface area contributed by atoms with Crippen LogP contribution in [0.3, 0.4) is 0 Å². The van der Waals surface area contributed by atoms with Gasteiger partial charge in [-0.25, -0.2) is 0 Å². The van der Waals surface area contributed by atoms with Crippen molar-refractivity contribution in [3.05, 3.63) is 22.2 Å². The van der Waals surface area contributed by atoms with E-state index in [1.54, 1.807) is 0 Å². The summed E-state index contributed by atoms with van der Waals surface area (Å²) >= 11 is 3.44. The molecule has 1 aromatic carbocycles. The summed E-state index contributed by atoms with van der Waals surface area (Å²) in [6.45, 7) is 1.23. The summed E-state index contributed by atoms with van der Waals surface area (Å²) in [5, 5.41) is 0. The van der Waals surface area contributed by atoms with Crippen LogP contribution in [0.4, 0.5) is 0 Å². The molecule has 0 saturated carbocycles. The van der Waals surface area contributed by atoms with Crippen LogP contribution in [0, 0.1) is 0 Å². The normalized spacial score (nSPS) is 15.5. The number of ether oxygens (including phenoxy) is 3. The van der Waals surface area contributed by atoms with Crippen molar-refractivity contribution >= 4 is 21.9 Å². The van der Waals surface area contributed by atoms with Gasteiger partial charge in [0.15, 0.2) is 11.5 Å². The van der Waals surface area contributed by atoms with Crippen LogP contribution in [-0.2, 0) is 9.53 Å². The minimum atomic E-state index is -0.430. The largest absolute Gasteiger partial charge is 0.490 e. The molecule has 1 heterocycles. The maximum Gasteiger partial charge on any atom is 0.307 e. The number of rotatable bonds is 3. The average Bonchev–Trinajstić information content (AvgIpc) is 2.63. The van der Waals surface area contributed by atoms with Crippen molar-refractivity contribution in [2.24, 2.45) is 5.73 Å². The van der Waals surface area contributed by atoms with Gasteiger partial charge in [-0.3, -0.25) is 4.79 Å². The number of nitrogens with two attached hydrogens (primary N) is 1. The first-order valence-corrected chi connectivity index (χ1v) is 6.82. The fraction of sp³-hybridized carbons (Fsp3) is 0.462. The summed E-state index contributed by atoms with van der Waals surface area (Å²) in [6.07, 6.45) is 0.966. The Morgan fingerprint density at radius 1 is 1.47 bits per heavy atom. The highest BCUT2D eigenvalue weighted by Gasteiger charge is 2.19. The summed E-state index contributed by atoms with van der Waals surface area (Å²) in [5.74, 6) is 1.00. The molecule has 0 amide bonds. The molecule has 0 radical (unpaired) electrons. The molecule has 5 nitrogen and oxygen atoms in total. The van der Waals surface area contributed by atoms with E-state index in [4.69, 9.17) is 15.2 Å². The van der Waals surface area contributed by atoms with E-state index in [9.17, 15) is 4.79 Å². The molecule has 1 atom stereocenters. The second-order valence-corrected chi connectivity index (χ2v) is 5.12. The third-order valence-electron chi connectivity index (χ3n) is 2.87. The minimum Gasteiger partial charge on any atom is -0.490 e. The van der Waals surface area contributed by atoms with Crippen molar-refractivity contribution in [1.82, 2.24) is 0 Å².